The smallest absolute Gasteiger partial charge is 0.275 e. The number of hydrogen-bond donors (Lipinski definition) is 1. The number of ether oxygens (including phenoxy) is 1. The van der Waals surface area contributed by atoms with Crippen LogP contribution >= 0.6 is 11.6 Å². The zero-order chi connectivity index (χ0) is 13.8. The van der Waals surface area contributed by atoms with E-state index in [2.05, 4.69) is 15.3 Å². The average molecular weight is 278 g/mol. The lowest BCUT2D eigenvalue weighted by atomic mass is 10.2. The number of halogens is 1. The summed E-state index contributed by atoms with van der Waals surface area (Å²) in [6.45, 7) is 1.77. The fourth-order valence-corrected chi connectivity index (χ4v) is 1.71. The molecule has 2 aromatic rings. The van der Waals surface area contributed by atoms with E-state index in [1.54, 1.807) is 31.3 Å². The van der Waals surface area contributed by atoms with Gasteiger partial charge in [-0.25, -0.2) is 4.98 Å². The van der Waals surface area contributed by atoms with E-state index in [1.807, 2.05) is 0 Å². The van der Waals surface area contributed by atoms with Crippen molar-refractivity contribution in [1.82, 2.24) is 9.97 Å². The van der Waals surface area contributed by atoms with Gasteiger partial charge in [0.05, 0.1) is 24.7 Å². The molecule has 0 saturated heterocycles. The van der Waals surface area contributed by atoms with E-state index in [0.717, 1.165) is 0 Å². The van der Waals surface area contributed by atoms with Gasteiger partial charge >= 0.3 is 0 Å². The average Bonchev–Trinajstić information content (AvgIpc) is 2.39. The van der Waals surface area contributed by atoms with Crippen LogP contribution in [0.2, 0.25) is 5.02 Å². The van der Waals surface area contributed by atoms with E-state index in [9.17, 15) is 4.79 Å². The number of methoxy groups -OCH3 is 1. The SMILES string of the molecule is COc1ccc(Cl)cc1NC(=O)c1cncc(C)n1. The highest BCUT2D eigenvalue weighted by atomic mass is 35.5. The topological polar surface area (TPSA) is 64.1 Å². The van der Waals surface area contributed by atoms with Crippen LogP contribution in [0.1, 0.15) is 16.2 Å². The lowest BCUT2D eigenvalue weighted by molar-refractivity contribution is 0.102. The van der Waals surface area contributed by atoms with Crippen molar-refractivity contribution in [3.8, 4) is 5.75 Å². The van der Waals surface area contributed by atoms with Crippen molar-refractivity contribution in [3.05, 3.63) is 47.0 Å². The quantitative estimate of drug-likeness (QED) is 0.937. The van der Waals surface area contributed by atoms with E-state index < -0.39 is 0 Å². The predicted octanol–water partition coefficient (Wildman–Crippen LogP) is 2.70. The number of benzene rings is 1. The maximum atomic E-state index is 12.0. The summed E-state index contributed by atoms with van der Waals surface area (Å²) in [5, 5.41) is 3.20. The minimum atomic E-state index is -0.364. The standard InChI is InChI=1S/C13H12ClN3O2/c1-8-6-15-7-11(16-8)13(18)17-10-5-9(14)3-4-12(10)19-2/h3-7H,1-2H3,(H,17,18). The zero-order valence-electron chi connectivity index (χ0n) is 10.5. The highest BCUT2D eigenvalue weighted by Crippen LogP contribution is 2.27. The summed E-state index contributed by atoms with van der Waals surface area (Å²) in [4.78, 5) is 20.1. The second kappa shape index (κ2) is 5.67. The van der Waals surface area contributed by atoms with Crippen molar-refractivity contribution in [1.29, 1.82) is 0 Å². The van der Waals surface area contributed by atoms with Gasteiger partial charge in [0.15, 0.2) is 0 Å². The van der Waals surface area contributed by atoms with E-state index in [0.29, 0.717) is 22.2 Å². The van der Waals surface area contributed by atoms with Gasteiger partial charge < -0.3 is 10.1 Å². The molecule has 0 unspecified atom stereocenters. The summed E-state index contributed by atoms with van der Waals surface area (Å²) in [7, 11) is 1.52. The maximum Gasteiger partial charge on any atom is 0.275 e. The number of aryl methyl sites for hydroxylation is 1. The molecular weight excluding hydrogens is 266 g/mol. The first-order chi connectivity index (χ1) is 9.10. The van der Waals surface area contributed by atoms with Gasteiger partial charge in [0.2, 0.25) is 0 Å². The van der Waals surface area contributed by atoms with E-state index in [1.165, 1.54) is 13.3 Å². The molecule has 0 saturated carbocycles. The maximum absolute atomic E-state index is 12.0. The number of amides is 1. The van der Waals surface area contributed by atoms with E-state index >= 15 is 0 Å². The number of rotatable bonds is 3. The molecule has 1 N–H and O–H groups in total. The largest absolute Gasteiger partial charge is 0.495 e. The second-order valence-electron chi connectivity index (χ2n) is 3.84. The molecule has 2 rings (SSSR count). The van der Waals surface area contributed by atoms with Gasteiger partial charge in [-0.05, 0) is 25.1 Å². The van der Waals surface area contributed by atoms with Gasteiger partial charge in [-0.1, -0.05) is 11.6 Å². The summed E-state index contributed by atoms with van der Waals surface area (Å²) in [6, 6.07) is 4.98. The molecule has 0 aliphatic rings. The van der Waals surface area contributed by atoms with Gasteiger partial charge in [0, 0.05) is 11.2 Å². The highest BCUT2D eigenvalue weighted by molar-refractivity contribution is 6.31. The summed E-state index contributed by atoms with van der Waals surface area (Å²) in [5.41, 5.74) is 1.40. The van der Waals surface area contributed by atoms with Crippen molar-refractivity contribution in [3.63, 3.8) is 0 Å². The van der Waals surface area contributed by atoms with Crippen LogP contribution in [0.4, 0.5) is 5.69 Å². The number of carbonyl (C=O) groups is 1. The van der Waals surface area contributed by atoms with Crippen LogP contribution in [0, 0.1) is 6.92 Å². The predicted molar refractivity (Wildman–Crippen MR) is 72.7 cm³/mol. The molecule has 1 aromatic carbocycles. The van der Waals surface area contributed by atoms with E-state index in [4.69, 9.17) is 16.3 Å². The Labute approximate surface area is 115 Å². The number of anilines is 1. The third-order valence-electron chi connectivity index (χ3n) is 2.40. The van der Waals surface area contributed by atoms with Crippen molar-refractivity contribution >= 4 is 23.2 Å². The Kier molecular flexibility index (Phi) is 3.97. The number of nitrogens with zero attached hydrogens (tertiary/aromatic N) is 2. The summed E-state index contributed by atoms with van der Waals surface area (Å²) in [5.74, 6) is 0.162. The van der Waals surface area contributed by atoms with Crippen LogP contribution in [-0.4, -0.2) is 23.0 Å². The molecule has 0 radical (unpaired) electrons. The number of carbonyl (C=O) groups excluding carboxylic acids is 1. The fraction of sp³-hybridized carbons (Fsp3) is 0.154. The van der Waals surface area contributed by atoms with Gasteiger partial charge in [-0.3, -0.25) is 9.78 Å². The Morgan fingerprint density at radius 3 is 2.84 bits per heavy atom. The Bertz CT molecular complexity index is 617. The van der Waals surface area contributed by atoms with Crippen LogP contribution in [-0.2, 0) is 0 Å². The van der Waals surface area contributed by atoms with Crippen LogP contribution in [0.5, 0.6) is 5.75 Å². The molecule has 0 bridgehead atoms. The fourth-order valence-electron chi connectivity index (χ4n) is 1.54. The zero-order valence-corrected chi connectivity index (χ0v) is 11.2. The number of aromatic nitrogens is 2. The first-order valence-corrected chi connectivity index (χ1v) is 5.91. The van der Waals surface area contributed by atoms with Gasteiger partial charge in [0.25, 0.3) is 5.91 Å². The summed E-state index contributed by atoms with van der Waals surface area (Å²) >= 11 is 5.89. The molecule has 0 spiro atoms. The molecule has 0 aliphatic carbocycles. The number of hydrogen-bond acceptors (Lipinski definition) is 4. The second-order valence-corrected chi connectivity index (χ2v) is 4.28. The summed E-state index contributed by atoms with van der Waals surface area (Å²) in [6.07, 6.45) is 2.98. The first kappa shape index (κ1) is 13.3. The molecule has 19 heavy (non-hydrogen) atoms. The van der Waals surface area contributed by atoms with E-state index in [-0.39, 0.29) is 11.6 Å². The minimum absolute atomic E-state index is 0.238. The first-order valence-electron chi connectivity index (χ1n) is 5.53. The van der Waals surface area contributed by atoms with Gasteiger partial charge in [0.1, 0.15) is 11.4 Å². The molecule has 0 fully saturated rings. The molecular formula is C13H12ClN3O2. The highest BCUT2D eigenvalue weighted by Gasteiger charge is 2.12. The Morgan fingerprint density at radius 1 is 1.37 bits per heavy atom. The third-order valence-corrected chi connectivity index (χ3v) is 2.63. The molecule has 6 heteroatoms. The van der Waals surface area contributed by atoms with Crippen LogP contribution < -0.4 is 10.1 Å². The van der Waals surface area contributed by atoms with Crippen molar-refractivity contribution in [2.75, 3.05) is 12.4 Å². The van der Waals surface area contributed by atoms with Crippen molar-refractivity contribution in [2.24, 2.45) is 0 Å². The van der Waals surface area contributed by atoms with Crippen molar-refractivity contribution < 1.29 is 9.53 Å². The van der Waals surface area contributed by atoms with Crippen molar-refractivity contribution in [2.45, 2.75) is 6.92 Å². The molecule has 5 nitrogen and oxygen atoms in total. The third kappa shape index (κ3) is 3.20. The normalized spacial score (nSPS) is 10.1. The van der Waals surface area contributed by atoms with Gasteiger partial charge in [-0.15, -0.1) is 0 Å². The lowest BCUT2D eigenvalue weighted by Gasteiger charge is -2.10. The molecule has 0 atom stereocenters. The minimum Gasteiger partial charge on any atom is -0.495 e. The van der Waals surface area contributed by atoms with Crippen LogP contribution in [0.3, 0.4) is 0 Å². The lowest BCUT2D eigenvalue weighted by Crippen LogP contribution is -2.15. The Balaban J connectivity index is 2.26. The molecule has 98 valence electrons. The number of nitrogens with one attached hydrogen (secondary N) is 1. The molecule has 1 heterocycles. The monoisotopic (exact) mass is 277 g/mol. The Hall–Kier alpha value is -2.14. The summed E-state index contributed by atoms with van der Waals surface area (Å²) < 4.78 is 5.15. The van der Waals surface area contributed by atoms with Crippen LogP contribution in [0.25, 0.3) is 0 Å². The molecule has 1 amide bonds. The van der Waals surface area contributed by atoms with Crippen LogP contribution in [0.15, 0.2) is 30.6 Å². The Morgan fingerprint density at radius 2 is 2.16 bits per heavy atom. The van der Waals surface area contributed by atoms with Gasteiger partial charge in [-0.2, -0.15) is 0 Å². The molecule has 0 aliphatic heterocycles. The molecule has 1 aromatic heterocycles.